The van der Waals surface area contributed by atoms with E-state index in [0.717, 1.165) is 16.1 Å². The van der Waals surface area contributed by atoms with E-state index in [4.69, 9.17) is 0 Å². The molecule has 19 heavy (non-hydrogen) atoms. The van der Waals surface area contributed by atoms with Crippen molar-refractivity contribution in [2.45, 2.75) is 13.8 Å². The Bertz CT molecular complexity index is 597. The SMILES string of the molecule is Cc1nc(NC(=O)C=Cc2ccc(F)cc2)sc1C. The molecule has 1 heterocycles. The molecule has 0 radical (unpaired) electrons. The second-order valence-electron chi connectivity index (χ2n) is 4.03. The Morgan fingerprint density at radius 3 is 2.58 bits per heavy atom. The van der Waals surface area contributed by atoms with Crippen LogP contribution in [0.3, 0.4) is 0 Å². The average Bonchev–Trinajstić information content (AvgIpc) is 2.67. The van der Waals surface area contributed by atoms with Crippen LogP contribution in [-0.4, -0.2) is 10.9 Å². The Labute approximate surface area is 114 Å². The van der Waals surface area contributed by atoms with Crippen molar-refractivity contribution in [2.75, 3.05) is 5.32 Å². The van der Waals surface area contributed by atoms with Gasteiger partial charge in [-0.1, -0.05) is 12.1 Å². The van der Waals surface area contributed by atoms with Crippen LogP contribution < -0.4 is 5.32 Å². The molecule has 5 heteroatoms. The summed E-state index contributed by atoms with van der Waals surface area (Å²) in [6.07, 6.45) is 3.03. The molecule has 0 fully saturated rings. The van der Waals surface area contributed by atoms with Gasteiger partial charge in [0.05, 0.1) is 5.69 Å². The Morgan fingerprint density at radius 1 is 1.32 bits per heavy atom. The number of carbonyl (C=O) groups excluding carboxylic acids is 1. The molecule has 0 bridgehead atoms. The number of hydrogen-bond acceptors (Lipinski definition) is 3. The summed E-state index contributed by atoms with van der Waals surface area (Å²) >= 11 is 1.44. The Balaban J connectivity index is 1.99. The van der Waals surface area contributed by atoms with E-state index in [1.54, 1.807) is 18.2 Å². The molecule has 0 aliphatic heterocycles. The first-order valence-electron chi connectivity index (χ1n) is 5.73. The van der Waals surface area contributed by atoms with Crippen LogP contribution in [-0.2, 0) is 4.79 Å². The highest BCUT2D eigenvalue weighted by Crippen LogP contribution is 2.20. The molecule has 0 unspecified atom stereocenters. The van der Waals surface area contributed by atoms with E-state index < -0.39 is 0 Å². The van der Waals surface area contributed by atoms with Crippen LogP contribution in [0.1, 0.15) is 16.1 Å². The Kier molecular flexibility index (Phi) is 4.06. The second kappa shape index (κ2) is 5.75. The molecule has 1 amide bonds. The molecular weight excluding hydrogens is 263 g/mol. The Morgan fingerprint density at radius 2 is 2.00 bits per heavy atom. The monoisotopic (exact) mass is 276 g/mol. The summed E-state index contributed by atoms with van der Waals surface area (Å²) < 4.78 is 12.7. The van der Waals surface area contributed by atoms with Gasteiger partial charge in [0.25, 0.3) is 0 Å². The minimum Gasteiger partial charge on any atom is -0.298 e. The van der Waals surface area contributed by atoms with Crippen LogP contribution >= 0.6 is 11.3 Å². The molecule has 1 aromatic heterocycles. The van der Waals surface area contributed by atoms with Gasteiger partial charge in [-0.2, -0.15) is 0 Å². The molecule has 0 saturated carbocycles. The minimum atomic E-state index is -0.296. The smallest absolute Gasteiger partial charge is 0.250 e. The van der Waals surface area contributed by atoms with Gasteiger partial charge in [0.2, 0.25) is 5.91 Å². The number of aromatic nitrogens is 1. The number of rotatable bonds is 3. The lowest BCUT2D eigenvalue weighted by atomic mass is 10.2. The zero-order chi connectivity index (χ0) is 13.8. The molecule has 0 saturated heterocycles. The second-order valence-corrected chi connectivity index (χ2v) is 5.24. The number of thiazole rings is 1. The molecule has 0 atom stereocenters. The maximum absolute atomic E-state index is 12.7. The summed E-state index contributed by atoms with van der Waals surface area (Å²) in [5, 5.41) is 3.28. The highest BCUT2D eigenvalue weighted by molar-refractivity contribution is 7.15. The lowest BCUT2D eigenvalue weighted by Crippen LogP contribution is -2.07. The molecule has 0 aliphatic carbocycles. The largest absolute Gasteiger partial charge is 0.298 e. The first-order chi connectivity index (χ1) is 9.04. The highest BCUT2D eigenvalue weighted by atomic mass is 32.1. The number of halogens is 1. The van der Waals surface area contributed by atoms with Crippen LogP contribution in [0.5, 0.6) is 0 Å². The third-order valence-corrected chi connectivity index (χ3v) is 3.54. The molecular formula is C14H13FN2OS. The number of benzene rings is 1. The molecule has 1 aromatic carbocycles. The molecule has 1 N–H and O–H groups in total. The predicted molar refractivity (Wildman–Crippen MR) is 75.7 cm³/mol. The topological polar surface area (TPSA) is 42.0 Å². The molecule has 3 nitrogen and oxygen atoms in total. The maximum Gasteiger partial charge on any atom is 0.250 e. The Hall–Kier alpha value is -2.01. The summed E-state index contributed by atoms with van der Waals surface area (Å²) in [6.45, 7) is 3.85. The van der Waals surface area contributed by atoms with Gasteiger partial charge in [-0.05, 0) is 37.6 Å². The lowest BCUT2D eigenvalue weighted by molar-refractivity contribution is -0.111. The standard InChI is InChI=1S/C14H13FN2OS/c1-9-10(2)19-14(16-9)17-13(18)8-5-11-3-6-12(15)7-4-11/h3-8H,1-2H3,(H,16,17,18). The number of amides is 1. The fraction of sp³-hybridized carbons (Fsp3) is 0.143. The van der Waals surface area contributed by atoms with Gasteiger partial charge >= 0.3 is 0 Å². The molecule has 0 spiro atoms. The van der Waals surface area contributed by atoms with Crippen molar-refractivity contribution in [1.82, 2.24) is 4.98 Å². The van der Waals surface area contributed by atoms with Crippen LogP contribution in [0, 0.1) is 19.7 Å². The lowest BCUT2D eigenvalue weighted by Gasteiger charge is -1.96. The summed E-state index contributed by atoms with van der Waals surface area (Å²) in [4.78, 5) is 17.0. The van der Waals surface area contributed by atoms with E-state index >= 15 is 0 Å². The van der Waals surface area contributed by atoms with Crippen molar-refractivity contribution in [3.05, 3.63) is 52.3 Å². The van der Waals surface area contributed by atoms with Gasteiger partial charge in [0.15, 0.2) is 5.13 Å². The predicted octanol–water partition coefficient (Wildman–Crippen LogP) is 3.55. The number of aryl methyl sites for hydroxylation is 2. The molecule has 2 aromatic rings. The van der Waals surface area contributed by atoms with Crippen LogP contribution in [0.2, 0.25) is 0 Å². The zero-order valence-corrected chi connectivity index (χ0v) is 11.4. The van der Waals surface area contributed by atoms with Crippen molar-refractivity contribution >= 4 is 28.5 Å². The van der Waals surface area contributed by atoms with Gasteiger partial charge in [-0.15, -0.1) is 11.3 Å². The van der Waals surface area contributed by atoms with Gasteiger partial charge in [0, 0.05) is 11.0 Å². The van der Waals surface area contributed by atoms with Crippen molar-refractivity contribution in [2.24, 2.45) is 0 Å². The van der Waals surface area contributed by atoms with Crippen molar-refractivity contribution in [1.29, 1.82) is 0 Å². The fourth-order valence-corrected chi connectivity index (χ4v) is 2.24. The van der Waals surface area contributed by atoms with Crippen LogP contribution in [0.4, 0.5) is 9.52 Å². The number of anilines is 1. The number of nitrogens with one attached hydrogen (secondary N) is 1. The van der Waals surface area contributed by atoms with Gasteiger partial charge in [0.1, 0.15) is 5.82 Å². The summed E-state index contributed by atoms with van der Waals surface area (Å²) in [7, 11) is 0. The fourth-order valence-electron chi connectivity index (χ4n) is 1.42. The first-order valence-corrected chi connectivity index (χ1v) is 6.55. The quantitative estimate of drug-likeness (QED) is 0.871. The third kappa shape index (κ3) is 3.72. The van der Waals surface area contributed by atoms with Crippen LogP contribution in [0.15, 0.2) is 30.3 Å². The number of hydrogen-bond donors (Lipinski definition) is 1. The van der Waals surface area contributed by atoms with E-state index in [9.17, 15) is 9.18 Å². The van der Waals surface area contributed by atoms with E-state index in [-0.39, 0.29) is 11.7 Å². The number of carbonyl (C=O) groups is 1. The summed E-state index contributed by atoms with van der Waals surface area (Å²) in [5.74, 6) is -0.548. The van der Waals surface area contributed by atoms with Crippen LogP contribution in [0.25, 0.3) is 6.08 Å². The minimum absolute atomic E-state index is 0.252. The van der Waals surface area contributed by atoms with Crippen molar-refractivity contribution < 1.29 is 9.18 Å². The van der Waals surface area contributed by atoms with E-state index in [1.807, 2.05) is 13.8 Å². The third-order valence-electron chi connectivity index (χ3n) is 2.56. The molecule has 2 rings (SSSR count). The van der Waals surface area contributed by atoms with Gasteiger partial charge in [-0.3, -0.25) is 10.1 Å². The van der Waals surface area contributed by atoms with Crippen molar-refractivity contribution in [3.8, 4) is 0 Å². The first kappa shape index (κ1) is 13.4. The molecule has 0 aliphatic rings. The van der Waals surface area contributed by atoms with Gasteiger partial charge in [-0.25, -0.2) is 9.37 Å². The highest BCUT2D eigenvalue weighted by Gasteiger charge is 2.05. The van der Waals surface area contributed by atoms with E-state index in [1.165, 1.54) is 29.5 Å². The van der Waals surface area contributed by atoms with E-state index in [2.05, 4.69) is 10.3 Å². The summed E-state index contributed by atoms with van der Waals surface area (Å²) in [6, 6.07) is 5.92. The average molecular weight is 276 g/mol. The van der Waals surface area contributed by atoms with E-state index in [0.29, 0.717) is 5.13 Å². The normalized spacial score (nSPS) is 10.9. The van der Waals surface area contributed by atoms with Gasteiger partial charge < -0.3 is 0 Å². The van der Waals surface area contributed by atoms with Crippen molar-refractivity contribution in [3.63, 3.8) is 0 Å². The summed E-state index contributed by atoms with van der Waals surface area (Å²) in [5.41, 5.74) is 1.69. The maximum atomic E-state index is 12.7. The molecule has 98 valence electrons. The zero-order valence-electron chi connectivity index (χ0n) is 10.6. The number of nitrogens with zero attached hydrogens (tertiary/aromatic N) is 1.